The molecular weight excluding hydrogens is 245 g/mol. The van der Waals surface area contributed by atoms with Crippen molar-refractivity contribution in [2.24, 2.45) is 0 Å². The molecule has 0 saturated carbocycles. The lowest BCUT2D eigenvalue weighted by Crippen LogP contribution is -2.57. The van der Waals surface area contributed by atoms with Crippen LogP contribution in [0.4, 0.5) is 4.39 Å². The van der Waals surface area contributed by atoms with Crippen LogP contribution >= 0.6 is 0 Å². The van der Waals surface area contributed by atoms with Gasteiger partial charge in [-0.1, -0.05) is 12.1 Å². The van der Waals surface area contributed by atoms with Gasteiger partial charge < -0.3 is 10.6 Å². The molecule has 1 aromatic carbocycles. The first-order valence-electron chi connectivity index (χ1n) is 6.67. The summed E-state index contributed by atoms with van der Waals surface area (Å²) >= 11 is 0. The van der Waals surface area contributed by atoms with E-state index in [4.69, 9.17) is 0 Å². The maximum absolute atomic E-state index is 13.2. The maximum Gasteiger partial charge on any atom is 0.238 e. The van der Waals surface area contributed by atoms with Gasteiger partial charge in [-0.2, -0.15) is 0 Å². The van der Waals surface area contributed by atoms with E-state index in [9.17, 15) is 9.18 Å². The standard InChI is InChI=1S/C14H20FN3O/c1-2-17-14(19)13-9-16-6-7-18(13)10-11-4-3-5-12(15)8-11/h3-5,8,13,16H,2,6-7,9-10H2,1H3,(H,17,19). The predicted molar refractivity (Wildman–Crippen MR) is 72.2 cm³/mol. The van der Waals surface area contributed by atoms with Gasteiger partial charge in [0.1, 0.15) is 11.9 Å². The number of hydrogen-bond acceptors (Lipinski definition) is 3. The summed E-state index contributed by atoms with van der Waals surface area (Å²) in [4.78, 5) is 14.1. The Morgan fingerprint density at radius 3 is 3.16 bits per heavy atom. The summed E-state index contributed by atoms with van der Waals surface area (Å²) in [7, 11) is 0. The van der Waals surface area contributed by atoms with Crippen molar-refractivity contribution in [3.63, 3.8) is 0 Å². The van der Waals surface area contributed by atoms with E-state index in [1.165, 1.54) is 12.1 Å². The first-order chi connectivity index (χ1) is 9.20. The molecule has 104 valence electrons. The van der Waals surface area contributed by atoms with Crippen molar-refractivity contribution in [2.45, 2.75) is 19.5 Å². The van der Waals surface area contributed by atoms with Gasteiger partial charge in [0.2, 0.25) is 5.91 Å². The first kappa shape index (κ1) is 14.0. The molecule has 1 aliphatic heterocycles. The maximum atomic E-state index is 13.2. The lowest BCUT2D eigenvalue weighted by Gasteiger charge is -2.35. The Morgan fingerprint density at radius 1 is 1.58 bits per heavy atom. The van der Waals surface area contributed by atoms with Gasteiger partial charge in [0, 0.05) is 32.7 Å². The third kappa shape index (κ3) is 3.75. The molecule has 1 amide bonds. The summed E-state index contributed by atoms with van der Waals surface area (Å²) in [6.45, 7) is 5.42. The topological polar surface area (TPSA) is 44.4 Å². The second-order valence-electron chi connectivity index (χ2n) is 4.71. The normalized spacial score (nSPS) is 20.2. The fourth-order valence-electron chi connectivity index (χ4n) is 2.36. The van der Waals surface area contributed by atoms with Gasteiger partial charge >= 0.3 is 0 Å². The number of piperazine rings is 1. The highest BCUT2D eigenvalue weighted by atomic mass is 19.1. The summed E-state index contributed by atoms with van der Waals surface area (Å²) in [6, 6.07) is 6.37. The van der Waals surface area contributed by atoms with Crippen LogP contribution in [0.3, 0.4) is 0 Å². The molecule has 2 rings (SSSR count). The van der Waals surface area contributed by atoms with Crippen LogP contribution in [0.1, 0.15) is 12.5 Å². The predicted octanol–water partition coefficient (Wildman–Crippen LogP) is 0.736. The molecule has 0 spiro atoms. The summed E-state index contributed by atoms with van der Waals surface area (Å²) < 4.78 is 13.2. The van der Waals surface area contributed by atoms with E-state index in [0.717, 1.165) is 18.7 Å². The number of rotatable bonds is 4. The fraction of sp³-hybridized carbons (Fsp3) is 0.500. The van der Waals surface area contributed by atoms with Crippen LogP contribution in [0, 0.1) is 5.82 Å². The second-order valence-corrected chi connectivity index (χ2v) is 4.71. The number of amides is 1. The van der Waals surface area contributed by atoms with Crippen molar-refractivity contribution in [3.05, 3.63) is 35.6 Å². The Hall–Kier alpha value is -1.46. The zero-order valence-electron chi connectivity index (χ0n) is 11.2. The Labute approximate surface area is 113 Å². The van der Waals surface area contributed by atoms with E-state index >= 15 is 0 Å². The molecule has 4 nitrogen and oxygen atoms in total. The van der Waals surface area contributed by atoms with Crippen molar-refractivity contribution in [1.82, 2.24) is 15.5 Å². The molecule has 1 unspecified atom stereocenters. The van der Waals surface area contributed by atoms with Gasteiger partial charge in [-0.3, -0.25) is 9.69 Å². The molecule has 19 heavy (non-hydrogen) atoms. The Kier molecular flexibility index (Phi) is 4.87. The van der Waals surface area contributed by atoms with Crippen molar-refractivity contribution >= 4 is 5.91 Å². The highest BCUT2D eigenvalue weighted by Crippen LogP contribution is 2.12. The van der Waals surface area contributed by atoms with Gasteiger partial charge in [0.05, 0.1) is 0 Å². The molecule has 0 aliphatic carbocycles. The molecule has 0 radical (unpaired) electrons. The quantitative estimate of drug-likeness (QED) is 0.844. The van der Waals surface area contributed by atoms with Gasteiger partial charge in [-0.05, 0) is 24.6 Å². The zero-order valence-corrected chi connectivity index (χ0v) is 11.2. The molecule has 1 fully saturated rings. The van der Waals surface area contributed by atoms with Crippen LogP contribution in [0.15, 0.2) is 24.3 Å². The minimum absolute atomic E-state index is 0.0334. The number of likely N-dealkylation sites (N-methyl/N-ethyl adjacent to an activating group) is 1. The number of benzene rings is 1. The van der Waals surface area contributed by atoms with Crippen LogP contribution in [-0.4, -0.2) is 43.0 Å². The third-order valence-electron chi connectivity index (χ3n) is 3.28. The minimum Gasteiger partial charge on any atom is -0.355 e. The molecule has 1 atom stereocenters. The van der Waals surface area contributed by atoms with Crippen molar-refractivity contribution in [1.29, 1.82) is 0 Å². The number of nitrogens with one attached hydrogen (secondary N) is 2. The highest BCUT2D eigenvalue weighted by molar-refractivity contribution is 5.82. The highest BCUT2D eigenvalue weighted by Gasteiger charge is 2.28. The lowest BCUT2D eigenvalue weighted by atomic mass is 10.1. The fourth-order valence-corrected chi connectivity index (χ4v) is 2.36. The van der Waals surface area contributed by atoms with E-state index in [2.05, 4.69) is 15.5 Å². The van der Waals surface area contributed by atoms with E-state index in [-0.39, 0.29) is 17.8 Å². The minimum atomic E-state index is -0.234. The monoisotopic (exact) mass is 265 g/mol. The molecule has 1 aliphatic rings. The largest absolute Gasteiger partial charge is 0.355 e. The van der Waals surface area contributed by atoms with Crippen LogP contribution in [-0.2, 0) is 11.3 Å². The van der Waals surface area contributed by atoms with Crippen LogP contribution in [0.5, 0.6) is 0 Å². The SMILES string of the molecule is CCNC(=O)C1CNCCN1Cc1cccc(F)c1. The van der Waals surface area contributed by atoms with Gasteiger partial charge in [0.15, 0.2) is 0 Å². The Bertz CT molecular complexity index is 438. The Balaban J connectivity index is 2.05. The molecule has 1 heterocycles. The van der Waals surface area contributed by atoms with Crippen molar-refractivity contribution in [3.8, 4) is 0 Å². The zero-order chi connectivity index (χ0) is 13.7. The summed E-state index contributed by atoms with van der Waals surface area (Å²) in [6.07, 6.45) is 0. The van der Waals surface area contributed by atoms with Gasteiger partial charge in [-0.15, -0.1) is 0 Å². The average molecular weight is 265 g/mol. The van der Waals surface area contributed by atoms with E-state index < -0.39 is 0 Å². The molecule has 1 saturated heterocycles. The molecular formula is C14H20FN3O. The molecule has 5 heteroatoms. The second kappa shape index (κ2) is 6.63. The van der Waals surface area contributed by atoms with E-state index in [1.54, 1.807) is 6.07 Å². The smallest absolute Gasteiger partial charge is 0.238 e. The van der Waals surface area contributed by atoms with E-state index in [1.807, 2.05) is 13.0 Å². The molecule has 1 aromatic rings. The number of nitrogens with zero attached hydrogens (tertiary/aromatic N) is 1. The Morgan fingerprint density at radius 2 is 2.42 bits per heavy atom. The van der Waals surface area contributed by atoms with Crippen LogP contribution in [0.25, 0.3) is 0 Å². The first-order valence-corrected chi connectivity index (χ1v) is 6.67. The molecule has 2 N–H and O–H groups in total. The summed E-state index contributed by atoms with van der Waals surface area (Å²) in [5.41, 5.74) is 0.899. The summed E-state index contributed by atoms with van der Waals surface area (Å²) in [5, 5.41) is 6.07. The molecule has 0 bridgehead atoms. The van der Waals surface area contributed by atoms with Gasteiger partial charge in [0.25, 0.3) is 0 Å². The van der Waals surface area contributed by atoms with Crippen molar-refractivity contribution in [2.75, 3.05) is 26.2 Å². The van der Waals surface area contributed by atoms with Gasteiger partial charge in [-0.25, -0.2) is 4.39 Å². The number of halogens is 1. The number of carbonyl (C=O) groups excluding carboxylic acids is 1. The lowest BCUT2D eigenvalue weighted by molar-refractivity contribution is -0.127. The number of carbonyl (C=O) groups is 1. The average Bonchev–Trinajstić information content (AvgIpc) is 2.39. The third-order valence-corrected chi connectivity index (χ3v) is 3.28. The molecule has 0 aromatic heterocycles. The van der Waals surface area contributed by atoms with E-state index in [0.29, 0.717) is 19.6 Å². The van der Waals surface area contributed by atoms with Crippen molar-refractivity contribution < 1.29 is 9.18 Å². The van der Waals surface area contributed by atoms with Crippen LogP contribution < -0.4 is 10.6 Å². The number of hydrogen-bond donors (Lipinski definition) is 2. The summed E-state index contributed by atoms with van der Waals surface area (Å²) in [5.74, 6) is -0.201. The van der Waals surface area contributed by atoms with Crippen LogP contribution in [0.2, 0.25) is 0 Å².